The van der Waals surface area contributed by atoms with E-state index in [0.717, 1.165) is 27.5 Å². The summed E-state index contributed by atoms with van der Waals surface area (Å²) < 4.78 is 40.4. The van der Waals surface area contributed by atoms with Gasteiger partial charge in [-0.3, -0.25) is 4.79 Å². The zero-order valence-corrected chi connectivity index (χ0v) is 13.9. The number of para-hydroxylation sites is 1. The van der Waals surface area contributed by atoms with Crippen LogP contribution in [0.3, 0.4) is 0 Å². The first-order valence-corrected chi connectivity index (χ1v) is 8.41. The van der Waals surface area contributed by atoms with Crippen molar-refractivity contribution < 1.29 is 17.6 Å². The third-order valence-corrected chi connectivity index (χ3v) is 4.81. The summed E-state index contributed by atoms with van der Waals surface area (Å²) in [6.45, 7) is 1.97. The number of unbranched alkanes of at least 4 members (excludes halogenated alkanes) is 1. The number of amides is 1. The van der Waals surface area contributed by atoms with Gasteiger partial charge in [0.05, 0.1) is 5.69 Å². The van der Waals surface area contributed by atoms with Crippen molar-refractivity contribution in [1.82, 2.24) is 9.62 Å². The summed E-state index contributed by atoms with van der Waals surface area (Å²) in [4.78, 5) is 11.9. The van der Waals surface area contributed by atoms with Gasteiger partial charge in [-0.25, -0.2) is 8.70 Å². The highest BCUT2D eigenvalue weighted by Crippen LogP contribution is 2.22. The molecule has 0 saturated carbocycles. The summed E-state index contributed by atoms with van der Waals surface area (Å²) in [7, 11) is -1.31. The zero-order chi connectivity index (χ0) is 16.8. The molecular formula is C14H22FN3O3S. The highest BCUT2D eigenvalue weighted by molar-refractivity contribution is 7.90. The number of carbonyl (C=O) groups excluding carboxylic acids is 1. The quantitative estimate of drug-likeness (QED) is 0.731. The first kappa shape index (κ1) is 18.4. The Hall–Kier alpha value is -1.67. The maximum atomic E-state index is 13.9. The van der Waals surface area contributed by atoms with Crippen LogP contribution < -0.4 is 9.62 Å². The van der Waals surface area contributed by atoms with E-state index in [1.165, 1.54) is 32.3 Å². The smallest absolute Gasteiger partial charge is 0.304 e. The molecular weight excluding hydrogens is 309 g/mol. The molecule has 0 aliphatic heterocycles. The van der Waals surface area contributed by atoms with Crippen molar-refractivity contribution in [2.75, 3.05) is 31.5 Å². The fraction of sp³-hybridized carbons (Fsp3) is 0.500. The minimum absolute atomic E-state index is 0.151. The van der Waals surface area contributed by atoms with Gasteiger partial charge in [0.2, 0.25) is 5.91 Å². The molecule has 1 aromatic rings. The molecule has 1 aromatic carbocycles. The van der Waals surface area contributed by atoms with Crippen molar-refractivity contribution in [2.45, 2.75) is 19.8 Å². The van der Waals surface area contributed by atoms with Crippen LogP contribution in [0.5, 0.6) is 0 Å². The number of halogens is 1. The van der Waals surface area contributed by atoms with Crippen LogP contribution in [-0.2, 0) is 15.0 Å². The van der Waals surface area contributed by atoms with Crippen LogP contribution in [0, 0.1) is 5.82 Å². The third kappa shape index (κ3) is 4.67. The maximum absolute atomic E-state index is 13.9. The van der Waals surface area contributed by atoms with Crippen molar-refractivity contribution in [2.24, 2.45) is 0 Å². The number of carbonyl (C=O) groups is 1. The Labute approximate surface area is 131 Å². The van der Waals surface area contributed by atoms with Gasteiger partial charge in [0.15, 0.2) is 0 Å². The van der Waals surface area contributed by atoms with E-state index in [-0.39, 0.29) is 5.69 Å². The Morgan fingerprint density at radius 2 is 1.91 bits per heavy atom. The molecule has 0 spiro atoms. The van der Waals surface area contributed by atoms with Crippen LogP contribution >= 0.6 is 0 Å². The van der Waals surface area contributed by atoms with E-state index in [1.807, 2.05) is 6.92 Å². The minimum atomic E-state index is -3.97. The summed E-state index contributed by atoms with van der Waals surface area (Å²) in [5.41, 5.74) is -0.151. The first-order valence-electron chi connectivity index (χ1n) is 7.02. The van der Waals surface area contributed by atoms with Gasteiger partial charge < -0.3 is 5.32 Å². The van der Waals surface area contributed by atoms with E-state index in [4.69, 9.17) is 0 Å². The Morgan fingerprint density at radius 1 is 1.27 bits per heavy atom. The lowest BCUT2D eigenvalue weighted by atomic mass is 10.3. The summed E-state index contributed by atoms with van der Waals surface area (Å²) >= 11 is 0. The monoisotopic (exact) mass is 331 g/mol. The molecule has 1 N–H and O–H groups in total. The summed E-state index contributed by atoms with van der Waals surface area (Å²) in [5, 5.41) is 2.63. The number of nitrogens with one attached hydrogen (secondary N) is 1. The van der Waals surface area contributed by atoms with Crippen LogP contribution in [-0.4, -0.2) is 45.8 Å². The summed E-state index contributed by atoms with van der Waals surface area (Å²) in [6, 6.07) is 5.46. The topological polar surface area (TPSA) is 69.7 Å². The lowest BCUT2D eigenvalue weighted by Crippen LogP contribution is -2.46. The molecule has 0 unspecified atom stereocenters. The van der Waals surface area contributed by atoms with E-state index in [2.05, 4.69) is 5.32 Å². The highest BCUT2D eigenvalue weighted by atomic mass is 32.2. The number of hydrogen-bond acceptors (Lipinski definition) is 3. The van der Waals surface area contributed by atoms with E-state index >= 15 is 0 Å². The SMILES string of the molecule is CCCCNC(=O)CN(c1ccccc1F)S(=O)(=O)N(C)C. The van der Waals surface area contributed by atoms with Crippen LogP contribution in [0.15, 0.2) is 24.3 Å². The second-order valence-corrected chi connectivity index (χ2v) is 7.02. The molecule has 22 heavy (non-hydrogen) atoms. The second-order valence-electron chi connectivity index (χ2n) is 4.95. The molecule has 1 amide bonds. The molecule has 0 saturated heterocycles. The van der Waals surface area contributed by atoms with Crippen molar-refractivity contribution in [1.29, 1.82) is 0 Å². The largest absolute Gasteiger partial charge is 0.355 e. The number of nitrogens with zero attached hydrogens (tertiary/aromatic N) is 2. The average Bonchev–Trinajstić information content (AvgIpc) is 2.45. The van der Waals surface area contributed by atoms with Gasteiger partial charge in [0.1, 0.15) is 12.4 Å². The lowest BCUT2D eigenvalue weighted by Gasteiger charge is -2.27. The summed E-state index contributed by atoms with van der Waals surface area (Å²) in [5.74, 6) is -1.17. The van der Waals surface area contributed by atoms with Gasteiger partial charge in [-0.15, -0.1) is 0 Å². The Morgan fingerprint density at radius 3 is 2.45 bits per heavy atom. The standard InChI is InChI=1S/C14H22FN3O3S/c1-4-5-10-16-14(19)11-18(22(20,21)17(2)3)13-9-7-6-8-12(13)15/h6-9H,4-5,10-11H2,1-3H3,(H,16,19). The van der Waals surface area contributed by atoms with Gasteiger partial charge in [-0.05, 0) is 18.6 Å². The lowest BCUT2D eigenvalue weighted by molar-refractivity contribution is -0.119. The molecule has 0 aromatic heterocycles. The van der Waals surface area contributed by atoms with Crippen molar-refractivity contribution in [3.63, 3.8) is 0 Å². The van der Waals surface area contributed by atoms with Crippen molar-refractivity contribution in [3.05, 3.63) is 30.1 Å². The molecule has 0 radical (unpaired) electrons. The van der Waals surface area contributed by atoms with Crippen LogP contribution in [0.25, 0.3) is 0 Å². The molecule has 6 nitrogen and oxygen atoms in total. The van der Waals surface area contributed by atoms with Gasteiger partial charge in [0, 0.05) is 20.6 Å². The first-order chi connectivity index (χ1) is 10.3. The van der Waals surface area contributed by atoms with E-state index < -0.39 is 28.5 Å². The number of hydrogen-bond donors (Lipinski definition) is 1. The minimum Gasteiger partial charge on any atom is -0.355 e. The number of benzene rings is 1. The molecule has 0 heterocycles. The van der Waals surface area contributed by atoms with Crippen LogP contribution in [0.2, 0.25) is 0 Å². The Kier molecular flexibility index (Phi) is 6.76. The van der Waals surface area contributed by atoms with Crippen molar-refractivity contribution >= 4 is 21.8 Å². The molecule has 0 aliphatic carbocycles. The molecule has 1 rings (SSSR count). The third-order valence-electron chi connectivity index (χ3n) is 3.00. The molecule has 0 aliphatic rings. The van der Waals surface area contributed by atoms with E-state index in [1.54, 1.807) is 0 Å². The maximum Gasteiger partial charge on any atom is 0.304 e. The molecule has 0 atom stereocenters. The van der Waals surface area contributed by atoms with Crippen LogP contribution in [0.1, 0.15) is 19.8 Å². The predicted molar refractivity (Wildman–Crippen MR) is 84.3 cm³/mol. The number of anilines is 1. The molecule has 8 heteroatoms. The van der Waals surface area contributed by atoms with Crippen LogP contribution in [0.4, 0.5) is 10.1 Å². The average molecular weight is 331 g/mol. The van der Waals surface area contributed by atoms with Crippen molar-refractivity contribution in [3.8, 4) is 0 Å². The highest BCUT2D eigenvalue weighted by Gasteiger charge is 2.28. The Bertz CT molecular complexity index is 605. The molecule has 0 bridgehead atoms. The second kappa shape index (κ2) is 8.09. The van der Waals surface area contributed by atoms with E-state index in [9.17, 15) is 17.6 Å². The predicted octanol–water partition coefficient (Wildman–Crippen LogP) is 1.35. The zero-order valence-electron chi connectivity index (χ0n) is 13.0. The van der Waals surface area contributed by atoms with Gasteiger partial charge >= 0.3 is 10.2 Å². The van der Waals surface area contributed by atoms with E-state index in [0.29, 0.717) is 6.54 Å². The molecule has 124 valence electrons. The van der Waals surface area contributed by atoms with Gasteiger partial charge in [-0.1, -0.05) is 25.5 Å². The normalized spacial score (nSPS) is 11.5. The fourth-order valence-corrected chi connectivity index (χ4v) is 2.80. The van der Waals surface area contributed by atoms with Gasteiger partial charge in [0.25, 0.3) is 0 Å². The Balaban J connectivity index is 3.04. The number of rotatable bonds is 8. The molecule has 0 fully saturated rings. The van der Waals surface area contributed by atoms with Gasteiger partial charge in [-0.2, -0.15) is 12.7 Å². The fourth-order valence-electron chi connectivity index (χ4n) is 1.73. The summed E-state index contributed by atoms with van der Waals surface area (Å²) in [6.07, 6.45) is 1.71.